The van der Waals surface area contributed by atoms with Crippen molar-refractivity contribution < 1.29 is 0 Å². The molecule has 0 fully saturated rings. The normalized spacial score (nSPS) is 11.9. The molecule has 0 unspecified atom stereocenters. The van der Waals surface area contributed by atoms with E-state index in [0.29, 0.717) is 0 Å². The van der Waals surface area contributed by atoms with Gasteiger partial charge in [0, 0.05) is 64.2 Å². The smallest absolute Gasteiger partial charge is 0.168 e. The van der Waals surface area contributed by atoms with E-state index in [9.17, 15) is 0 Å². The van der Waals surface area contributed by atoms with Gasteiger partial charge in [0.1, 0.15) is 0 Å². The standard InChI is InChI=1S/C50H31N5S/c1-3-15-32(16-4-1)49-51-52-50(33-17-5-2-6-18-33)55(49)44-27-14-24-38-36-21-7-10-25-41(36)54(47(38)44)35-20-13-19-34(31-35)53-42-26-11-8-23-40(42)46-43(53)30-29-39-37-22-9-12-28-45(37)56-48(39)46/h1-31H. The minimum Gasteiger partial charge on any atom is -0.309 e. The third-order valence-electron chi connectivity index (χ3n) is 11.2. The van der Waals surface area contributed by atoms with Crippen molar-refractivity contribution in [1.29, 1.82) is 0 Å². The summed E-state index contributed by atoms with van der Waals surface area (Å²) in [6, 6.07) is 67.2. The van der Waals surface area contributed by atoms with Gasteiger partial charge in [0.25, 0.3) is 0 Å². The maximum Gasteiger partial charge on any atom is 0.168 e. The average molecular weight is 734 g/mol. The molecule has 4 aromatic heterocycles. The number of fused-ring (bicyclic) bond motifs is 10. The molecule has 0 aliphatic carbocycles. The summed E-state index contributed by atoms with van der Waals surface area (Å²) >= 11 is 1.89. The van der Waals surface area contributed by atoms with E-state index in [1.54, 1.807) is 0 Å². The highest BCUT2D eigenvalue weighted by molar-refractivity contribution is 7.26. The zero-order valence-electron chi connectivity index (χ0n) is 30.0. The monoisotopic (exact) mass is 733 g/mol. The van der Waals surface area contributed by atoms with Crippen molar-refractivity contribution in [3.63, 3.8) is 0 Å². The van der Waals surface area contributed by atoms with Crippen molar-refractivity contribution in [3.8, 4) is 39.8 Å². The van der Waals surface area contributed by atoms with Crippen molar-refractivity contribution in [1.82, 2.24) is 23.9 Å². The molecule has 0 spiro atoms. The van der Waals surface area contributed by atoms with Gasteiger partial charge >= 0.3 is 0 Å². The fourth-order valence-corrected chi connectivity index (χ4v) is 10.1. The van der Waals surface area contributed by atoms with Gasteiger partial charge in [0.05, 0.1) is 27.8 Å². The largest absolute Gasteiger partial charge is 0.309 e. The first kappa shape index (κ1) is 31.1. The van der Waals surface area contributed by atoms with Crippen molar-refractivity contribution >= 4 is 75.1 Å². The summed E-state index contributed by atoms with van der Waals surface area (Å²) in [7, 11) is 0. The summed E-state index contributed by atoms with van der Waals surface area (Å²) in [4.78, 5) is 0. The Hall–Kier alpha value is -7.28. The minimum atomic E-state index is 0.792. The van der Waals surface area contributed by atoms with Gasteiger partial charge in [-0.05, 0) is 48.5 Å². The molecule has 0 saturated carbocycles. The van der Waals surface area contributed by atoms with Gasteiger partial charge in [-0.25, -0.2) is 0 Å². The third kappa shape index (κ3) is 4.48. The lowest BCUT2D eigenvalue weighted by atomic mass is 10.1. The number of thiophene rings is 1. The lowest BCUT2D eigenvalue weighted by Crippen LogP contribution is -2.04. The predicted octanol–water partition coefficient (Wildman–Crippen LogP) is 13.2. The molecule has 56 heavy (non-hydrogen) atoms. The summed E-state index contributed by atoms with van der Waals surface area (Å²) in [5.41, 5.74) is 9.82. The number of nitrogens with zero attached hydrogens (tertiary/aromatic N) is 5. The topological polar surface area (TPSA) is 40.6 Å². The van der Waals surface area contributed by atoms with Gasteiger partial charge in [0.2, 0.25) is 0 Å². The Bertz CT molecular complexity index is 3420. The SMILES string of the molecule is c1ccc(-c2nnc(-c3ccccc3)n2-c2cccc3c4ccccc4n(-c4cccc(-n5c6ccccc6c6c7sc8ccccc8c7ccc65)c4)c23)cc1. The Balaban J connectivity index is 1.15. The zero-order valence-corrected chi connectivity index (χ0v) is 30.9. The Morgan fingerprint density at radius 3 is 1.68 bits per heavy atom. The lowest BCUT2D eigenvalue weighted by Gasteiger charge is -2.17. The van der Waals surface area contributed by atoms with E-state index in [4.69, 9.17) is 10.2 Å². The van der Waals surface area contributed by atoms with Crippen LogP contribution in [0.3, 0.4) is 0 Å². The molecule has 5 nitrogen and oxygen atoms in total. The van der Waals surface area contributed by atoms with E-state index in [0.717, 1.165) is 50.9 Å². The number of hydrogen-bond acceptors (Lipinski definition) is 3. The predicted molar refractivity (Wildman–Crippen MR) is 234 cm³/mol. The fourth-order valence-electron chi connectivity index (χ4n) is 8.79. The first-order valence-electron chi connectivity index (χ1n) is 18.8. The van der Waals surface area contributed by atoms with Crippen LogP contribution in [0, 0.1) is 0 Å². The third-order valence-corrected chi connectivity index (χ3v) is 12.4. The minimum absolute atomic E-state index is 0.792. The molecule has 12 aromatic rings. The second kappa shape index (κ2) is 12.1. The molecular weight excluding hydrogens is 703 g/mol. The number of aromatic nitrogens is 5. The Morgan fingerprint density at radius 1 is 0.375 bits per heavy atom. The van der Waals surface area contributed by atoms with E-state index in [1.165, 1.54) is 52.8 Å². The van der Waals surface area contributed by atoms with Crippen LogP contribution in [-0.2, 0) is 0 Å². The molecule has 0 radical (unpaired) electrons. The van der Waals surface area contributed by atoms with Crippen molar-refractivity contribution in [2.45, 2.75) is 0 Å². The number of para-hydroxylation sites is 3. The van der Waals surface area contributed by atoms with E-state index >= 15 is 0 Å². The maximum absolute atomic E-state index is 4.84. The van der Waals surface area contributed by atoms with Crippen molar-refractivity contribution in [2.24, 2.45) is 0 Å². The van der Waals surface area contributed by atoms with Crippen LogP contribution in [-0.4, -0.2) is 23.9 Å². The summed E-state index contributed by atoms with van der Waals surface area (Å²) < 4.78 is 9.74. The molecule has 0 atom stereocenters. The first-order chi connectivity index (χ1) is 27.8. The van der Waals surface area contributed by atoms with Gasteiger partial charge in [0.15, 0.2) is 11.6 Å². The van der Waals surface area contributed by atoms with Crippen molar-refractivity contribution in [3.05, 3.63) is 188 Å². The quantitative estimate of drug-likeness (QED) is 0.177. The molecule has 6 heteroatoms. The van der Waals surface area contributed by atoms with Gasteiger partial charge < -0.3 is 9.13 Å². The van der Waals surface area contributed by atoms with E-state index in [2.05, 4.69) is 190 Å². The molecule has 262 valence electrons. The van der Waals surface area contributed by atoms with E-state index < -0.39 is 0 Å². The van der Waals surface area contributed by atoms with E-state index in [-0.39, 0.29) is 0 Å². The first-order valence-corrected chi connectivity index (χ1v) is 19.7. The number of benzene rings is 8. The molecule has 0 amide bonds. The Kier molecular flexibility index (Phi) is 6.73. The van der Waals surface area contributed by atoms with Crippen LogP contribution in [0.1, 0.15) is 0 Å². The van der Waals surface area contributed by atoms with Crippen LogP contribution in [0.4, 0.5) is 0 Å². The van der Waals surface area contributed by atoms with Crippen molar-refractivity contribution in [2.75, 3.05) is 0 Å². The van der Waals surface area contributed by atoms with Gasteiger partial charge in [-0.15, -0.1) is 21.5 Å². The maximum atomic E-state index is 4.84. The molecule has 0 bridgehead atoms. The molecule has 12 rings (SSSR count). The molecule has 8 aromatic carbocycles. The number of rotatable bonds is 5. The molecular formula is C50H31N5S. The van der Waals surface area contributed by atoms with E-state index in [1.807, 2.05) is 23.5 Å². The van der Waals surface area contributed by atoms with Crippen LogP contribution in [0.5, 0.6) is 0 Å². The second-order valence-electron chi connectivity index (χ2n) is 14.2. The summed E-state index contributed by atoms with van der Waals surface area (Å²) in [6.07, 6.45) is 0. The number of hydrogen-bond donors (Lipinski definition) is 0. The Morgan fingerprint density at radius 2 is 0.946 bits per heavy atom. The summed E-state index contributed by atoms with van der Waals surface area (Å²) in [5, 5.41) is 17.2. The van der Waals surface area contributed by atoms with Crippen LogP contribution in [0.15, 0.2) is 188 Å². The molecule has 4 heterocycles. The van der Waals surface area contributed by atoms with Gasteiger partial charge in [-0.3, -0.25) is 4.57 Å². The summed E-state index contributed by atoms with van der Waals surface area (Å²) in [5.74, 6) is 1.58. The van der Waals surface area contributed by atoms with Gasteiger partial charge in [-0.2, -0.15) is 0 Å². The zero-order chi connectivity index (χ0) is 36.7. The van der Waals surface area contributed by atoms with Crippen LogP contribution in [0.2, 0.25) is 0 Å². The second-order valence-corrected chi connectivity index (χ2v) is 15.3. The highest BCUT2D eigenvalue weighted by Crippen LogP contribution is 2.44. The lowest BCUT2D eigenvalue weighted by molar-refractivity contribution is 1.06. The molecule has 0 aliphatic rings. The molecule has 0 aliphatic heterocycles. The highest BCUT2D eigenvalue weighted by atomic mass is 32.1. The Labute approximate surface area is 325 Å². The fraction of sp³-hybridized carbons (Fsp3) is 0. The molecule has 0 N–H and O–H groups in total. The van der Waals surface area contributed by atoms with Crippen LogP contribution < -0.4 is 0 Å². The van der Waals surface area contributed by atoms with Gasteiger partial charge in [-0.1, -0.05) is 140 Å². The van der Waals surface area contributed by atoms with Crippen LogP contribution >= 0.6 is 11.3 Å². The highest BCUT2D eigenvalue weighted by Gasteiger charge is 2.24. The average Bonchev–Trinajstić information content (AvgIpc) is 4.04. The molecule has 0 saturated heterocycles. The summed E-state index contributed by atoms with van der Waals surface area (Å²) in [6.45, 7) is 0. The van der Waals surface area contributed by atoms with Crippen LogP contribution in [0.25, 0.3) is 104 Å².